The van der Waals surface area contributed by atoms with Gasteiger partial charge in [0, 0.05) is 42.7 Å². The zero-order valence-corrected chi connectivity index (χ0v) is 31.5. The van der Waals surface area contributed by atoms with E-state index in [0.29, 0.717) is 5.56 Å². The maximum absolute atomic E-state index is 10.7. The molecule has 0 aliphatic rings. The monoisotopic (exact) mass is 992 g/mol. The van der Waals surface area contributed by atoms with E-state index in [2.05, 4.69) is 29.9 Å². The van der Waals surface area contributed by atoms with Gasteiger partial charge in [0.1, 0.15) is 6.29 Å². The van der Waals surface area contributed by atoms with Gasteiger partial charge in [-0.1, -0.05) is 24.3 Å². The van der Waals surface area contributed by atoms with E-state index in [-0.39, 0.29) is 19.8 Å². The summed E-state index contributed by atoms with van der Waals surface area (Å²) in [5, 5.41) is 0. The zero-order valence-electron chi connectivity index (χ0n) is 27.2. The third-order valence-electron chi connectivity index (χ3n) is 5.28. The summed E-state index contributed by atoms with van der Waals surface area (Å²) < 4.78 is 118. The summed E-state index contributed by atoms with van der Waals surface area (Å²) in [5.74, 6) is 0. The van der Waals surface area contributed by atoms with E-state index in [9.17, 15) is 55.2 Å². The van der Waals surface area contributed by atoms with Crippen LogP contribution in [0.15, 0.2) is 134 Å². The first-order valence-electron chi connectivity index (χ1n) is 14.2. The van der Waals surface area contributed by atoms with Gasteiger partial charge in [-0.2, -0.15) is 0 Å². The Morgan fingerprint density at radius 2 is 0.685 bits per heavy atom. The van der Waals surface area contributed by atoms with Crippen molar-refractivity contribution in [1.29, 1.82) is 0 Å². The quantitative estimate of drug-likeness (QED) is 0.0986. The molecular weight excluding hydrogens is 965 g/mol. The van der Waals surface area contributed by atoms with Crippen LogP contribution in [0.1, 0.15) is 15.9 Å². The average molecular weight is 991 g/mol. The second kappa shape index (κ2) is 17.6. The molecule has 54 heavy (non-hydrogen) atoms. The summed E-state index contributed by atoms with van der Waals surface area (Å²) in [7, 11) is -21.3. The van der Waals surface area contributed by atoms with Crippen molar-refractivity contribution in [2.75, 3.05) is 0 Å². The topological polar surface area (TPSA) is 94.4 Å². The number of aryl methyl sites for hydroxylation is 1. The van der Waals surface area contributed by atoms with Crippen molar-refractivity contribution >= 4 is 21.9 Å². The number of hydrogen-bond acceptors (Lipinski definition) is 7. The number of nitrogens with zero attached hydrogens (tertiary/aromatic N) is 6. The van der Waals surface area contributed by atoms with Crippen LogP contribution in [0.25, 0.3) is 34.2 Å². The Morgan fingerprint density at radius 3 is 0.944 bits per heavy atom. The van der Waals surface area contributed by atoms with Gasteiger partial charge >= 0.3 is 85.8 Å². The van der Waals surface area contributed by atoms with Gasteiger partial charge < -0.3 is 0 Å². The molecule has 6 aromatic rings. The average Bonchev–Trinajstić information content (AvgIpc) is 3.08. The molecule has 0 unspecified atom stereocenters. The van der Waals surface area contributed by atoms with Crippen LogP contribution in [0.2, 0.25) is 0 Å². The van der Waals surface area contributed by atoms with Gasteiger partial charge in [-0.3, -0.25) is 34.7 Å². The maximum atomic E-state index is 10.6. The smallest absolute Gasteiger partial charge is 0.255 e. The van der Waals surface area contributed by atoms with Crippen molar-refractivity contribution in [1.82, 2.24) is 29.9 Å². The fraction of sp³-hybridized carbons (Fsp3) is 0.0312. The summed E-state index contributed by atoms with van der Waals surface area (Å²) >= 11 is 0. The van der Waals surface area contributed by atoms with E-state index < -0.39 is 15.6 Å². The van der Waals surface area contributed by atoms with E-state index in [1.165, 1.54) is 0 Å². The summed E-state index contributed by atoms with van der Waals surface area (Å²) in [4.78, 5) is 35.7. The number of rotatable bonds is 4. The molecule has 0 spiro atoms. The van der Waals surface area contributed by atoms with E-state index in [1.807, 2.05) is 91.9 Å². The standard InChI is InChI=1S/C12H10N2O.2C10H8N2.2F6P.Os/c1-9-2-4-13-11(6-9)12-7-10(8-15)3-5-14-12;2*1-3-7-11-9(5-1)10-6-2-4-8-12-10;2*1-7(2,3,4,5)6;/h2-8H,1H3;2*1-8H;;;/q;;;2*-1;+2. The van der Waals surface area contributed by atoms with Gasteiger partial charge in [0.15, 0.2) is 0 Å². The summed E-state index contributed by atoms with van der Waals surface area (Å²) in [6.45, 7) is 1.99. The van der Waals surface area contributed by atoms with Crippen LogP contribution in [-0.4, -0.2) is 36.2 Å². The minimum atomic E-state index is -10.7. The Balaban J connectivity index is 0.000000347. The van der Waals surface area contributed by atoms with Crippen molar-refractivity contribution in [3.63, 3.8) is 0 Å². The third kappa shape index (κ3) is 26.9. The van der Waals surface area contributed by atoms with Crippen LogP contribution in [0, 0.1) is 6.92 Å². The van der Waals surface area contributed by atoms with E-state index in [4.69, 9.17) is 0 Å². The Hall–Kier alpha value is -4.77. The van der Waals surface area contributed by atoms with Gasteiger partial charge in [0.2, 0.25) is 0 Å². The van der Waals surface area contributed by atoms with Crippen LogP contribution in [0.3, 0.4) is 0 Å². The predicted octanol–water partition coefficient (Wildman–Crippen LogP) is 13.3. The minimum Gasteiger partial charge on any atom is -0.255 e. The molecule has 0 saturated carbocycles. The number of aromatic nitrogens is 6. The first-order chi connectivity index (χ1) is 24.1. The number of hydrogen-bond donors (Lipinski definition) is 0. The number of aldehydes is 1. The van der Waals surface area contributed by atoms with Crippen molar-refractivity contribution in [2.45, 2.75) is 6.92 Å². The molecule has 0 fully saturated rings. The van der Waals surface area contributed by atoms with Crippen molar-refractivity contribution in [2.24, 2.45) is 0 Å². The molecule has 0 bridgehead atoms. The van der Waals surface area contributed by atoms with E-state index in [1.54, 1.807) is 49.3 Å². The largest absolute Gasteiger partial charge is 2.00 e. The molecular formula is C32H26F12N6OOsP2. The number of carbonyl (C=O) groups excluding carboxylic acids is 1. The molecule has 6 aromatic heterocycles. The Labute approximate surface area is 312 Å². The second-order valence-electron chi connectivity index (χ2n) is 10.1. The normalized spacial score (nSPS) is 13.1. The molecule has 0 aromatic carbocycles. The van der Waals surface area contributed by atoms with E-state index >= 15 is 0 Å². The van der Waals surface area contributed by atoms with Crippen molar-refractivity contribution in [3.8, 4) is 34.2 Å². The zero-order chi connectivity index (χ0) is 39.9. The summed E-state index contributed by atoms with van der Waals surface area (Å²) in [5.41, 5.74) is 6.91. The van der Waals surface area contributed by atoms with Crippen LogP contribution in [-0.2, 0) is 19.8 Å². The number of pyridine rings is 6. The van der Waals surface area contributed by atoms with Gasteiger partial charge in [-0.05, 0) is 85.3 Å². The first kappa shape index (κ1) is 47.2. The summed E-state index contributed by atoms with van der Waals surface area (Å²) in [6.07, 6.45) is 11.2. The Kier molecular flexibility index (Phi) is 15.4. The van der Waals surface area contributed by atoms with Crippen molar-refractivity contribution < 1.29 is 74.9 Å². The second-order valence-corrected chi connectivity index (χ2v) is 13.9. The van der Waals surface area contributed by atoms with Gasteiger partial charge in [0.05, 0.1) is 34.2 Å². The molecule has 0 atom stereocenters. The van der Waals surface area contributed by atoms with E-state index in [0.717, 1.165) is 46.0 Å². The molecule has 0 aliphatic carbocycles. The molecule has 7 nitrogen and oxygen atoms in total. The molecule has 0 aliphatic heterocycles. The minimum absolute atomic E-state index is 0. The molecule has 22 heteroatoms. The van der Waals surface area contributed by atoms with Gasteiger partial charge in [-0.25, -0.2) is 0 Å². The first-order valence-corrected chi connectivity index (χ1v) is 18.3. The molecule has 0 saturated heterocycles. The fourth-order valence-corrected chi connectivity index (χ4v) is 3.39. The molecule has 6 heterocycles. The predicted molar refractivity (Wildman–Crippen MR) is 180 cm³/mol. The Bertz CT molecular complexity index is 1840. The molecule has 292 valence electrons. The molecule has 0 amide bonds. The molecule has 0 N–H and O–H groups in total. The number of halogens is 12. The van der Waals surface area contributed by atoms with Gasteiger partial charge in [0.25, 0.3) is 0 Å². The van der Waals surface area contributed by atoms with Crippen LogP contribution in [0.4, 0.5) is 50.4 Å². The number of carbonyl (C=O) groups is 1. The molecule has 0 radical (unpaired) electrons. The Morgan fingerprint density at radius 1 is 0.407 bits per heavy atom. The van der Waals surface area contributed by atoms with Crippen LogP contribution >= 0.6 is 15.6 Å². The van der Waals surface area contributed by atoms with Crippen molar-refractivity contribution in [3.05, 3.63) is 145 Å². The third-order valence-corrected chi connectivity index (χ3v) is 5.28. The van der Waals surface area contributed by atoms with Gasteiger partial charge in [-0.15, -0.1) is 0 Å². The van der Waals surface area contributed by atoms with Crippen LogP contribution in [0.5, 0.6) is 0 Å². The molecule has 6 rings (SSSR count). The summed E-state index contributed by atoms with van der Waals surface area (Å²) in [6, 6.07) is 30.5. The fourth-order valence-electron chi connectivity index (χ4n) is 3.39. The van der Waals surface area contributed by atoms with Crippen LogP contribution < -0.4 is 0 Å². The maximum Gasteiger partial charge on any atom is 2.00 e. The SMILES string of the molecule is Cc1ccnc(-c2cc(C=O)ccn2)c1.F[P-](F)(F)(F)(F)F.F[P-](F)(F)(F)(F)F.[Os+2].c1ccc(-c2ccccn2)nc1.c1ccc(-c2ccccn2)nc1.